The number of hydrogen-bond acceptors (Lipinski definition) is 4. The normalized spacial score (nSPS) is 11.7. The highest BCUT2D eigenvalue weighted by atomic mass is 35.5. The van der Waals surface area contributed by atoms with Crippen LogP contribution in [-0.2, 0) is 6.18 Å². The number of anilines is 1. The molecule has 0 bridgehead atoms. The lowest BCUT2D eigenvalue weighted by Gasteiger charge is -2.07. The minimum absolute atomic E-state index is 0.0620. The summed E-state index contributed by atoms with van der Waals surface area (Å²) in [5.41, 5.74) is 0.904. The maximum absolute atomic E-state index is 12.6. The second kappa shape index (κ2) is 6.92. The van der Waals surface area contributed by atoms with Crippen LogP contribution in [0.25, 0.3) is 16.2 Å². The van der Waals surface area contributed by atoms with Crippen molar-refractivity contribution in [1.29, 1.82) is 0 Å². The van der Waals surface area contributed by atoms with Gasteiger partial charge in [-0.2, -0.15) is 18.2 Å². The molecule has 0 saturated heterocycles. The quantitative estimate of drug-likeness (QED) is 0.482. The fraction of sp³-hybridized carbons (Fsp3) is 0.0556. The fourth-order valence-electron chi connectivity index (χ4n) is 2.54. The first-order chi connectivity index (χ1) is 13.3. The Bertz CT molecular complexity index is 1150. The lowest BCUT2D eigenvalue weighted by atomic mass is 10.1. The molecule has 1 amide bonds. The van der Waals surface area contributed by atoms with Gasteiger partial charge in [0.05, 0.1) is 11.3 Å². The SMILES string of the molecule is O=C(Nc1nc2scc(-c3ccc(Cl)cc3)n2n1)c1ccc(C(F)(F)F)cc1. The van der Waals surface area contributed by atoms with Crippen molar-refractivity contribution in [3.8, 4) is 11.3 Å². The number of amides is 1. The Labute approximate surface area is 165 Å². The second-order valence-corrected chi connectivity index (χ2v) is 7.06. The van der Waals surface area contributed by atoms with E-state index in [0.29, 0.717) is 9.98 Å². The van der Waals surface area contributed by atoms with Crippen LogP contribution in [0.2, 0.25) is 5.02 Å². The third-order valence-electron chi connectivity index (χ3n) is 3.92. The molecule has 0 aliphatic rings. The van der Waals surface area contributed by atoms with Crippen LogP contribution in [0.5, 0.6) is 0 Å². The molecular formula is C18H10ClF3N4OS. The van der Waals surface area contributed by atoms with Crippen molar-refractivity contribution in [2.24, 2.45) is 0 Å². The average Bonchev–Trinajstić information content (AvgIpc) is 3.22. The van der Waals surface area contributed by atoms with Crippen LogP contribution < -0.4 is 5.32 Å². The van der Waals surface area contributed by atoms with Crippen LogP contribution in [0.1, 0.15) is 15.9 Å². The summed E-state index contributed by atoms with van der Waals surface area (Å²) in [6, 6.07) is 11.1. The van der Waals surface area contributed by atoms with Gasteiger partial charge in [-0.1, -0.05) is 23.7 Å². The van der Waals surface area contributed by atoms with Crippen LogP contribution in [0.4, 0.5) is 19.1 Å². The predicted octanol–water partition coefficient (Wildman–Crippen LogP) is 5.38. The Kier molecular flexibility index (Phi) is 4.56. The summed E-state index contributed by atoms with van der Waals surface area (Å²) in [7, 11) is 0. The number of rotatable bonds is 3. The lowest BCUT2D eigenvalue weighted by Crippen LogP contribution is -2.14. The molecule has 1 N–H and O–H groups in total. The number of nitrogens with one attached hydrogen (secondary N) is 1. The summed E-state index contributed by atoms with van der Waals surface area (Å²) in [6.45, 7) is 0. The summed E-state index contributed by atoms with van der Waals surface area (Å²) in [5, 5.41) is 9.25. The lowest BCUT2D eigenvalue weighted by molar-refractivity contribution is -0.137. The first-order valence-electron chi connectivity index (χ1n) is 7.90. The van der Waals surface area contributed by atoms with Gasteiger partial charge in [-0.25, -0.2) is 4.52 Å². The molecule has 4 aromatic rings. The van der Waals surface area contributed by atoms with Gasteiger partial charge < -0.3 is 0 Å². The first-order valence-corrected chi connectivity index (χ1v) is 9.16. The molecule has 0 aliphatic carbocycles. The van der Waals surface area contributed by atoms with Crippen molar-refractivity contribution < 1.29 is 18.0 Å². The van der Waals surface area contributed by atoms with Gasteiger partial charge in [0.1, 0.15) is 0 Å². The minimum atomic E-state index is -4.46. The van der Waals surface area contributed by atoms with Crippen LogP contribution >= 0.6 is 22.9 Å². The number of benzene rings is 2. The number of nitrogens with zero attached hydrogens (tertiary/aromatic N) is 3. The molecule has 0 fully saturated rings. The van der Waals surface area contributed by atoms with Crippen LogP contribution in [0, 0.1) is 0 Å². The summed E-state index contributed by atoms with van der Waals surface area (Å²) in [5.74, 6) is -0.535. The zero-order chi connectivity index (χ0) is 19.9. The van der Waals surface area contributed by atoms with E-state index in [2.05, 4.69) is 15.4 Å². The zero-order valence-electron chi connectivity index (χ0n) is 13.9. The number of thiazole rings is 1. The molecule has 10 heteroatoms. The Morgan fingerprint density at radius 1 is 1.07 bits per heavy atom. The molecule has 2 aromatic heterocycles. The van der Waals surface area contributed by atoms with Gasteiger partial charge in [0.25, 0.3) is 11.9 Å². The second-order valence-electron chi connectivity index (χ2n) is 5.79. The molecule has 5 nitrogen and oxygen atoms in total. The van der Waals surface area contributed by atoms with Gasteiger partial charge in [0.2, 0.25) is 4.96 Å². The van der Waals surface area contributed by atoms with Gasteiger partial charge in [-0.3, -0.25) is 10.1 Å². The Balaban J connectivity index is 1.57. The van der Waals surface area contributed by atoms with E-state index in [-0.39, 0.29) is 11.5 Å². The minimum Gasteiger partial charge on any atom is -0.289 e. The topological polar surface area (TPSA) is 59.3 Å². The van der Waals surface area contributed by atoms with Crippen LogP contribution in [0.15, 0.2) is 53.9 Å². The van der Waals surface area contributed by atoms with Crippen molar-refractivity contribution >= 4 is 39.8 Å². The molecule has 2 aromatic carbocycles. The summed E-state index contributed by atoms with van der Waals surface area (Å²) in [4.78, 5) is 17.1. The highest BCUT2D eigenvalue weighted by molar-refractivity contribution is 7.15. The number of halogens is 4. The molecule has 4 rings (SSSR count). The first kappa shape index (κ1) is 18.5. The molecule has 28 heavy (non-hydrogen) atoms. The molecule has 0 radical (unpaired) electrons. The monoisotopic (exact) mass is 422 g/mol. The molecule has 0 unspecified atom stereocenters. The molecule has 0 atom stereocenters. The number of alkyl halides is 3. The average molecular weight is 423 g/mol. The number of hydrogen-bond donors (Lipinski definition) is 1. The van der Waals surface area contributed by atoms with Crippen molar-refractivity contribution in [2.75, 3.05) is 5.32 Å². The zero-order valence-corrected chi connectivity index (χ0v) is 15.4. The van der Waals surface area contributed by atoms with E-state index in [9.17, 15) is 18.0 Å². The third kappa shape index (κ3) is 3.58. The van der Waals surface area contributed by atoms with E-state index in [1.165, 1.54) is 11.3 Å². The third-order valence-corrected chi connectivity index (χ3v) is 4.99. The van der Waals surface area contributed by atoms with E-state index >= 15 is 0 Å². The van der Waals surface area contributed by atoms with Crippen molar-refractivity contribution in [1.82, 2.24) is 14.6 Å². The predicted molar refractivity (Wildman–Crippen MR) is 101 cm³/mol. The summed E-state index contributed by atoms with van der Waals surface area (Å²) in [6.07, 6.45) is -4.46. The number of aromatic nitrogens is 3. The van der Waals surface area contributed by atoms with E-state index in [0.717, 1.165) is 35.5 Å². The number of fused-ring (bicyclic) bond motifs is 1. The molecular weight excluding hydrogens is 413 g/mol. The molecule has 2 heterocycles. The van der Waals surface area contributed by atoms with Crippen molar-refractivity contribution in [2.45, 2.75) is 6.18 Å². The van der Waals surface area contributed by atoms with E-state index < -0.39 is 17.6 Å². The van der Waals surface area contributed by atoms with Crippen molar-refractivity contribution in [3.05, 3.63) is 70.1 Å². The summed E-state index contributed by atoms with van der Waals surface area (Å²) < 4.78 is 39.4. The van der Waals surface area contributed by atoms with Gasteiger partial charge in [-0.15, -0.1) is 16.4 Å². The number of carbonyl (C=O) groups excluding carboxylic acids is 1. The molecule has 142 valence electrons. The van der Waals surface area contributed by atoms with E-state index in [1.807, 2.05) is 17.5 Å². The van der Waals surface area contributed by atoms with Gasteiger partial charge in [0, 0.05) is 21.5 Å². The van der Waals surface area contributed by atoms with Gasteiger partial charge in [0.15, 0.2) is 0 Å². The Morgan fingerprint density at radius 3 is 2.39 bits per heavy atom. The Hall–Kier alpha value is -2.91. The van der Waals surface area contributed by atoms with E-state index in [1.54, 1.807) is 16.6 Å². The molecule has 0 spiro atoms. The fourth-order valence-corrected chi connectivity index (χ4v) is 3.49. The van der Waals surface area contributed by atoms with Crippen LogP contribution in [0.3, 0.4) is 0 Å². The standard InChI is InChI=1S/C18H10ClF3N4OS/c19-13-7-3-10(4-8-13)14-9-28-17-24-16(25-26(14)17)23-15(27)11-1-5-12(6-2-11)18(20,21)22/h1-9H,(H,23,25,27). The summed E-state index contributed by atoms with van der Waals surface area (Å²) >= 11 is 7.25. The highest BCUT2D eigenvalue weighted by Crippen LogP contribution is 2.29. The van der Waals surface area contributed by atoms with E-state index in [4.69, 9.17) is 11.6 Å². The maximum Gasteiger partial charge on any atom is 0.416 e. The Morgan fingerprint density at radius 2 is 1.75 bits per heavy atom. The molecule has 0 aliphatic heterocycles. The maximum atomic E-state index is 12.6. The smallest absolute Gasteiger partial charge is 0.289 e. The highest BCUT2D eigenvalue weighted by Gasteiger charge is 2.30. The van der Waals surface area contributed by atoms with Gasteiger partial charge in [-0.05, 0) is 36.4 Å². The van der Waals surface area contributed by atoms with Crippen molar-refractivity contribution in [3.63, 3.8) is 0 Å². The largest absolute Gasteiger partial charge is 0.416 e. The number of carbonyl (C=O) groups is 1. The molecule has 0 saturated carbocycles. The van der Waals surface area contributed by atoms with Crippen LogP contribution in [-0.4, -0.2) is 20.5 Å². The van der Waals surface area contributed by atoms with Gasteiger partial charge >= 0.3 is 6.18 Å².